The highest BCUT2D eigenvalue weighted by Crippen LogP contribution is 2.48. The summed E-state index contributed by atoms with van der Waals surface area (Å²) in [5.41, 5.74) is 5.73. The number of amides is 4. The second-order valence-corrected chi connectivity index (χ2v) is 18.5. The van der Waals surface area contributed by atoms with E-state index in [2.05, 4.69) is 80.7 Å². The highest BCUT2D eigenvalue weighted by atomic mass is 32.1. The molecule has 15 heteroatoms. The summed E-state index contributed by atoms with van der Waals surface area (Å²) in [4.78, 5) is 72.6. The van der Waals surface area contributed by atoms with Crippen molar-refractivity contribution >= 4 is 66.5 Å². The Balaban J connectivity index is 1.03. The molecule has 2 bridgehead atoms. The van der Waals surface area contributed by atoms with Crippen molar-refractivity contribution in [3.8, 4) is 22.4 Å². The van der Waals surface area contributed by atoms with Crippen LogP contribution in [0.3, 0.4) is 0 Å². The average molecular weight is 873 g/mol. The molecule has 2 fully saturated rings. The molecule has 3 aromatic heterocycles. The van der Waals surface area contributed by atoms with Crippen molar-refractivity contribution in [1.82, 2.24) is 40.4 Å². The standard InChI is InChI=1S/C48H56N8O6S/c1-8-9-19-55(45(57)41(26(2)3)53-47(59)61-6)25-40-49-24-37(50-40)30-14-17-34-33-16-13-29(22-38(33)63-39(34)23-30)28-15-18-35-36(21-28)52-44(51-35)43-31-11-10-12-32(20-31)56(43)46(58)42(27(4)5)54-48(60)62-7/h8,13-18,21-24,26-27,31-32,41-43H,1,9-12,19-20,25H2,2-7H3,(H,49,50)(H,51,52)(H,53,59)(H,54,60)/t31-,32+,41-,42-,43-/m0/s1. The highest BCUT2D eigenvalue weighted by Gasteiger charge is 2.49. The predicted molar refractivity (Wildman–Crippen MR) is 246 cm³/mol. The zero-order valence-corrected chi connectivity index (χ0v) is 37.5. The van der Waals surface area contributed by atoms with Gasteiger partial charge in [0.15, 0.2) is 0 Å². The molecule has 5 atom stereocenters. The van der Waals surface area contributed by atoms with Crippen LogP contribution in [0.5, 0.6) is 0 Å². The maximum absolute atomic E-state index is 14.2. The first kappa shape index (κ1) is 43.4. The fourth-order valence-corrected chi connectivity index (χ4v) is 10.6. The summed E-state index contributed by atoms with van der Waals surface area (Å²) < 4.78 is 12.0. The summed E-state index contributed by atoms with van der Waals surface area (Å²) in [6.07, 6.45) is 6.84. The molecule has 14 nitrogen and oxygen atoms in total. The van der Waals surface area contributed by atoms with E-state index < -0.39 is 24.3 Å². The van der Waals surface area contributed by atoms with E-state index in [1.807, 2.05) is 38.7 Å². The van der Waals surface area contributed by atoms with E-state index in [0.29, 0.717) is 24.7 Å². The normalized spacial score (nSPS) is 18.2. The Bertz CT molecular complexity index is 2680. The second-order valence-electron chi connectivity index (χ2n) is 17.4. The number of fused-ring (bicyclic) bond motifs is 6. The number of nitrogens with one attached hydrogen (secondary N) is 4. The SMILES string of the molecule is C=CCCN(Cc1ncc(-c2ccc3c(c2)sc2cc(-c4ccc5nc([C@@H]6[C@H]7CCC[C@H](C7)N6C(=O)[C@@H](NC(=O)OC)C(C)C)[nH]c5c4)ccc23)[nH]1)C(=O)[C@@H](NC(=O)OC)C(C)C. The van der Waals surface area contributed by atoms with Crippen LogP contribution in [0.4, 0.5) is 9.59 Å². The van der Waals surface area contributed by atoms with Gasteiger partial charge in [0.25, 0.3) is 0 Å². The van der Waals surface area contributed by atoms with Crippen molar-refractivity contribution in [2.24, 2.45) is 17.8 Å². The number of benzene rings is 3. The molecule has 330 valence electrons. The smallest absolute Gasteiger partial charge is 0.407 e. The van der Waals surface area contributed by atoms with Crippen LogP contribution in [0.15, 0.2) is 73.4 Å². The number of thiophene rings is 1. The molecule has 0 spiro atoms. The topological polar surface area (TPSA) is 175 Å². The van der Waals surface area contributed by atoms with Crippen LogP contribution < -0.4 is 10.6 Å². The molecule has 2 aliphatic rings. The minimum atomic E-state index is -0.747. The Morgan fingerprint density at radius 1 is 0.889 bits per heavy atom. The Labute approximate surface area is 370 Å². The van der Waals surface area contributed by atoms with Crippen LogP contribution in [0.25, 0.3) is 53.6 Å². The number of aromatic amines is 2. The zero-order chi connectivity index (χ0) is 44.5. The first-order valence-corrected chi connectivity index (χ1v) is 22.6. The number of H-pyrrole nitrogens is 2. The number of aromatic nitrogens is 4. The van der Waals surface area contributed by atoms with Gasteiger partial charge in [0.2, 0.25) is 11.8 Å². The number of ether oxygens (including phenoxy) is 2. The lowest BCUT2D eigenvalue weighted by molar-refractivity contribution is -0.138. The molecule has 1 saturated carbocycles. The van der Waals surface area contributed by atoms with Gasteiger partial charge in [-0.3, -0.25) is 9.59 Å². The van der Waals surface area contributed by atoms with E-state index in [-0.39, 0.29) is 42.3 Å². The lowest BCUT2D eigenvalue weighted by atomic mass is 9.87. The third-order valence-corrected chi connectivity index (χ3v) is 13.8. The van der Waals surface area contributed by atoms with Crippen molar-refractivity contribution in [3.05, 3.63) is 85.1 Å². The molecule has 8 rings (SSSR count). The van der Waals surface area contributed by atoms with Crippen molar-refractivity contribution in [3.63, 3.8) is 0 Å². The monoisotopic (exact) mass is 872 g/mol. The molecule has 1 aliphatic carbocycles. The van der Waals surface area contributed by atoms with E-state index in [9.17, 15) is 19.2 Å². The van der Waals surface area contributed by atoms with Gasteiger partial charge >= 0.3 is 12.2 Å². The van der Waals surface area contributed by atoms with Gasteiger partial charge < -0.3 is 39.9 Å². The molecule has 1 saturated heterocycles. The van der Waals surface area contributed by atoms with Crippen molar-refractivity contribution < 1.29 is 28.7 Å². The van der Waals surface area contributed by atoms with Crippen LogP contribution in [0, 0.1) is 17.8 Å². The molecule has 1 aliphatic heterocycles. The van der Waals surface area contributed by atoms with Crippen LogP contribution in [-0.2, 0) is 25.6 Å². The molecule has 0 unspecified atom stereocenters. The van der Waals surface area contributed by atoms with E-state index in [0.717, 1.165) is 69.6 Å². The summed E-state index contributed by atoms with van der Waals surface area (Å²) in [6.45, 7) is 12.1. The molecule has 4 amide bonds. The molecule has 0 radical (unpaired) electrons. The molecular weight excluding hydrogens is 817 g/mol. The molecule has 63 heavy (non-hydrogen) atoms. The van der Waals surface area contributed by atoms with Gasteiger partial charge in [0.1, 0.15) is 23.7 Å². The van der Waals surface area contributed by atoms with E-state index >= 15 is 0 Å². The highest BCUT2D eigenvalue weighted by molar-refractivity contribution is 7.25. The minimum absolute atomic E-state index is 0.0868. The number of nitrogens with zero attached hydrogens (tertiary/aromatic N) is 4. The maximum atomic E-state index is 14.2. The molecule has 4 N–H and O–H groups in total. The Morgan fingerprint density at radius 2 is 1.54 bits per heavy atom. The Hall–Kier alpha value is -6.22. The first-order valence-electron chi connectivity index (χ1n) is 21.8. The largest absolute Gasteiger partial charge is 0.453 e. The van der Waals surface area contributed by atoms with Gasteiger partial charge in [-0.15, -0.1) is 17.9 Å². The number of rotatable bonds is 14. The number of imidazole rings is 2. The summed E-state index contributed by atoms with van der Waals surface area (Å²) in [7, 11) is 2.59. The van der Waals surface area contributed by atoms with Gasteiger partial charge in [0, 0.05) is 38.3 Å². The van der Waals surface area contributed by atoms with Gasteiger partial charge in [-0.1, -0.05) is 70.5 Å². The number of carbonyl (C=O) groups is 4. The van der Waals surface area contributed by atoms with Crippen molar-refractivity contribution in [2.45, 2.75) is 90.5 Å². The third kappa shape index (κ3) is 8.75. The van der Waals surface area contributed by atoms with Gasteiger partial charge in [-0.25, -0.2) is 19.6 Å². The van der Waals surface area contributed by atoms with E-state index in [1.54, 1.807) is 28.5 Å². The van der Waals surface area contributed by atoms with Crippen LogP contribution in [-0.4, -0.2) is 92.6 Å². The van der Waals surface area contributed by atoms with E-state index in [4.69, 9.17) is 14.5 Å². The zero-order valence-electron chi connectivity index (χ0n) is 36.7. The molecule has 4 heterocycles. The molecular formula is C48H56N8O6S. The summed E-state index contributed by atoms with van der Waals surface area (Å²) in [5.74, 6) is 1.15. The number of methoxy groups -OCH3 is 2. The predicted octanol–water partition coefficient (Wildman–Crippen LogP) is 9.10. The fraction of sp³-hybridized carbons (Fsp3) is 0.417. The van der Waals surface area contributed by atoms with Gasteiger partial charge in [0.05, 0.1) is 49.7 Å². The van der Waals surface area contributed by atoms with Crippen molar-refractivity contribution in [2.75, 3.05) is 20.8 Å². The Morgan fingerprint density at radius 3 is 2.22 bits per heavy atom. The summed E-state index contributed by atoms with van der Waals surface area (Å²) in [5, 5.41) is 7.82. The average Bonchev–Trinajstić information content (AvgIpc) is 4.07. The molecule has 6 aromatic rings. The molecule has 3 aromatic carbocycles. The summed E-state index contributed by atoms with van der Waals surface area (Å²) >= 11 is 1.73. The fourth-order valence-electron chi connectivity index (χ4n) is 9.38. The third-order valence-electron chi connectivity index (χ3n) is 12.6. The first-order chi connectivity index (χ1) is 30.4. The second kappa shape index (κ2) is 18.2. The minimum Gasteiger partial charge on any atom is -0.453 e. The van der Waals surface area contributed by atoms with Gasteiger partial charge in [-0.05, 0) is 78.8 Å². The quantitative estimate of drug-likeness (QED) is 0.0785. The summed E-state index contributed by atoms with van der Waals surface area (Å²) in [6, 6.07) is 17.7. The van der Waals surface area contributed by atoms with Crippen molar-refractivity contribution in [1.29, 1.82) is 0 Å². The number of carbonyl (C=O) groups excluding carboxylic acids is 4. The lowest BCUT2D eigenvalue weighted by Gasteiger charge is -2.33. The van der Waals surface area contributed by atoms with E-state index in [1.165, 1.54) is 29.7 Å². The Kier molecular flexibility index (Phi) is 12.6. The van der Waals surface area contributed by atoms with Crippen LogP contribution >= 0.6 is 11.3 Å². The maximum Gasteiger partial charge on any atom is 0.407 e. The van der Waals surface area contributed by atoms with Crippen LogP contribution in [0.2, 0.25) is 0 Å². The number of hydrogen-bond acceptors (Lipinski definition) is 9. The van der Waals surface area contributed by atoms with Gasteiger partial charge in [-0.2, -0.15) is 0 Å². The van der Waals surface area contributed by atoms with Crippen LogP contribution in [0.1, 0.15) is 77.5 Å². The lowest BCUT2D eigenvalue weighted by Crippen LogP contribution is -2.53. The number of hydrogen-bond donors (Lipinski definition) is 4. The number of likely N-dealkylation sites (tertiary alicyclic amines) is 1. The number of alkyl carbamates (subject to hydrolysis) is 2.